The number of carbonyl (C=O) groups is 2. The molecule has 4 nitrogen and oxygen atoms in total. The molecule has 0 bridgehead atoms. The third-order valence-electron chi connectivity index (χ3n) is 11.0. The van der Waals surface area contributed by atoms with Gasteiger partial charge in [-0.3, -0.25) is 9.59 Å². The summed E-state index contributed by atoms with van der Waals surface area (Å²) >= 11 is 55.4. The van der Waals surface area contributed by atoms with Crippen molar-refractivity contribution in [3.8, 4) is 0 Å². The Morgan fingerprint density at radius 1 is 0.344 bits per heavy atom. The molecule has 64 heavy (non-hydrogen) atoms. The number of hydrogen-bond donors (Lipinski definition) is 0. The van der Waals surface area contributed by atoms with Crippen LogP contribution in [0.5, 0.6) is 0 Å². The highest BCUT2D eigenvalue weighted by atomic mass is 35.5. The Morgan fingerprint density at radius 3 is 0.844 bits per heavy atom. The highest BCUT2D eigenvalue weighted by Crippen LogP contribution is 2.60. The average molecular weight is 1060 g/mol. The Bertz CT molecular complexity index is 3030. The Kier molecular flexibility index (Phi) is 10.2. The van der Waals surface area contributed by atoms with Crippen molar-refractivity contribution in [2.75, 3.05) is 9.80 Å². The van der Waals surface area contributed by atoms with E-state index in [1.807, 2.05) is 0 Å². The summed E-state index contributed by atoms with van der Waals surface area (Å²) in [6.07, 6.45) is -21.2. The molecule has 0 saturated carbocycles. The van der Waals surface area contributed by atoms with Gasteiger partial charge in [0, 0.05) is 65.6 Å². The van der Waals surface area contributed by atoms with E-state index in [9.17, 15) is 62.3 Å². The van der Waals surface area contributed by atoms with Crippen LogP contribution in [0.2, 0.25) is 40.2 Å². The first-order valence-electron chi connectivity index (χ1n) is 17.4. The van der Waals surface area contributed by atoms with Crippen molar-refractivity contribution in [1.29, 1.82) is 0 Å². The Morgan fingerprint density at radius 2 is 0.594 bits per heavy atom. The van der Waals surface area contributed by atoms with Crippen molar-refractivity contribution in [3.63, 3.8) is 0 Å². The lowest BCUT2D eigenvalue weighted by Crippen LogP contribution is -2.35. The number of anilines is 2. The molecule has 0 aliphatic carbocycles. The van der Waals surface area contributed by atoms with E-state index in [1.54, 1.807) is 0 Å². The summed E-state index contributed by atoms with van der Waals surface area (Å²) in [5, 5.41) is -4.90. The smallest absolute Gasteiger partial charge is 0.304 e. The number of fused-ring (bicyclic) bond motifs is 2. The summed E-state index contributed by atoms with van der Waals surface area (Å²) in [7, 11) is 0. The number of nitrogens with zero attached hydrogens (tertiary/aromatic N) is 2. The number of hydrogen-bond acceptors (Lipinski definition) is 2. The summed E-state index contributed by atoms with van der Waals surface area (Å²) in [6.45, 7) is -1.59. The number of carbonyl (C=O) groups excluding carboxylic acids is 2. The maximum atomic E-state index is 14.5. The minimum absolute atomic E-state index is 0.0827. The molecule has 0 fully saturated rings. The highest BCUT2D eigenvalue weighted by molar-refractivity contribution is 6.62. The van der Waals surface area contributed by atoms with E-state index in [-0.39, 0.29) is 66.3 Å². The zero-order chi connectivity index (χ0) is 47.0. The first-order chi connectivity index (χ1) is 29.5. The molecule has 0 radical (unpaired) electrons. The molecule has 0 spiro atoms. The van der Waals surface area contributed by atoms with Gasteiger partial charge in [-0.2, -0.15) is 52.7 Å². The standard InChI is InChI=1S/C40H10Cl8F12N2O2/c41-27-15-7-61(13-3-9(37(49,50)51)1-10(4-13)38(52,53)54)35(63)25-17(15)19-21(29(27)43)24-20-18-16(28(42)30(44)22(20)23(19)31(45)33(25)47)8-62(36(64)26(18)34(48)32(24)46)14-5-11(39(55,56)57)2-12(6-14)40(58,59)60/h1-6H,7-8H2. The molecule has 7 aromatic carbocycles. The van der Waals surface area contributed by atoms with Crippen molar-refractivity contribution >= 4 is 159 Å². The topological polar surface area (TPSA) is 40.6 Å². The molecule has 332 valence electrons. The van der Waals surface area contributed by atoms with E-state index in [2.05, 4.69) is 0 Å². The summed E-state index contributed by atoms with van der Waals surface area (Å²) in [5.74, 6) is -2.47. The first-order valence-corrected chi connectivity index (χ1v) is 20.4. The second-order valence-corrected chi connectivity index (χ2v) is 17.6. The maximum Gasteiger partial charge on any atom is 0.416 e. The number of benzene rings is 7. The van der Waals surface area contributed by atoms with Gasteiger partial charge in [0.1, 0.15) is 0 Å². The van der Waals surface area contributed by atoms with Crippen LogP contribution in [0, 0.1) is 0 Å². The molecule has 0 aromatic heterocycles. The third-order valence-corrected chi connectivity index (χ3v) is 14.5. The van der Waals surface area contributed by atoms with Gasteiger partial charge in [0.25, 0.3) is 11.8 Å². The predicted molar refractivity (Wildman–Crippen MR) is 222 cm³/mol. The van der Waals surface area contributed by atoms with E-state index < -0.39 is 135 Å². The van der Waals surface area contributed by atoms with Gasteiger partial charge in [-0.1, -0.05) is 92.8 Å². The lowest BCUT2D eigenvalue weighted by atomic mass is 9.81. The summed E-state index contributed by atoms with van der Waals surface area (Å²) in [4.78, 5) is 30.0. The Hall–Kier alpha value is -3.74. The molecule has 0 atom stereocenters. The Balaban J connectivity index is 1.37. The third kappa shape index (κ3) is 6.44. The molecule has 24 heteroatoms. The van der Waals surface area contributed by atoms with Crippen LogP contribution in [0.4, 0.5) is 64.1 Å². The first kappa shape index (κ1) is 45.4. The van der Waals surface area contributed by atoms with E-state index in [1.165, 1.54) is 0 Å². The van der Waals surface area contributed by atoms with Gasteiger partial charge in [0.05, 0.1) is 86.7 Å². The fraction of sp³-hybridized carbons (Fsp3) is 0.150. The number of halogens is 20. The SMILES string of the molecule is O=C1c2c(Cl)c(Cl)c3c4c(Cl)c(Cl)c5c6c(c(Cl)c(Cl)c(c7c(Cl)c(Cl)c(c2c73)CN1c1cc(C(F)(F)F)cc(C(F)(F)F)c1)c64)C(=O)N(c1cc(C(F)(F)F)cc(C(F)(F)F)c1)C5. The largest absolute Gasteiger partial charge is 0.416 e. The molecule has 0 saturated heterocycles. The Labute approximate surface area is 387 Å². The minimum atomic E-state index is -5.30. The van der Waals surface area contributed by atoms with Crippen molar-refractivity contribution in [2.24, 2.45) is 0 Å². The van der Waals surface area contributed by atoms with E-state index in [0.717, 1.165) is 0 Å². The monoisotopic (exact) mass is 1060 g/mol. The lowest BCUT2D eigenvalue weighted by Gasteiger charge is -2.35. The van der Waals surface area contributed by atoms with E-state index in [0.29, 0.717) is 34.1 Å². The van der Waals surface area contributed by atoms with Crippen molar-refractivity contribution in [1.82, 2.24) is 0 Å². The predicted octanol–water partition coefficient (Wildman–Crippen LogP) is 17.4. The van der Waals surface area contributed by atoms with Gasteiger partial charge in [-0.25, -0.2) is 0 Å². The molecule has 0 N–H and O–H groups in total. The van der Waals surface area contributed by atoms with Crippen molar-refractivity contribution in [3.05, 3.63) is 121 Å². The molecule has 0 unspecified atom stereocenters. The van der Waals surface area contributed by atoms with Crippen LogP contribution in [0.3, 0.4) is 0 Å². The molecule has 2 amide bonds. The molecule has 9 rings (SSSR count). The van der Waals surface area contributed by atoms with Gasteiger partial charge >= 0.3 is 24.7 Å². The zero-order valence-electron chi connectivity index (χ0n) is 30.1. The highest BCUT2D eigenvalue weighted by Gasteiger charge is 2.44. The summed E-state index contributed by atoms with van der Waals surface area (Å²) in [5.41, 5.74) is -10.1. The van der Waals surface area contributed by atoms with Crippen LogP contribution in [-0.4, -0.2) is 11.8 Å². The second kappa shape index (κ2) is 14.4. The minimum Gasteiger partial charge on any atom is -0.304 e. The molecule has 2 aliphatic rings. The van der Waals surface area contributed by atoms with Crippen molar-refractivity contribution < 1.29 is 62.3 Å². The molecule has 2 heterocycles. The van der Waals surface area contributed by atoms with Crippen LogP contribution in [0.25, 0.3) is 43.1 Å². The number of rotatable bonds is 2. The second-order valence-electron chi connectivity index (χ2n) is 14.5. The van der Waals surface area contributed by atoms with Crippen LogP contribution >= 0.6 is 92.8 Å². The van der Waals surface area contributed by atoms with Gasteiger partial charge in [-0.15, -0.1) is 0 Å². The molecular weight excluding hydrogens is 1050 g/mol. The average Bonchev–Trinajstić information content (AvgIpc) is 3.20. The molecule has 7 aromatic rings. The van der Waals surface area contributed by atoms with E-state index in [4.69, 9.17) is 92.8 Å². The van der Waals surface area contributed by atoms with Crippen LogP contribution in [0.15, 0.2) is 36.4 Å². The fourth-order valence-electron chi connectivity index (χ4n) is 8.38. The zero-order valence-corrected chi connectivity index (χ0v) is 36.2. The lowest BCUT2D eigenvalue weighted by molar-refractivity contribution is -0.144. The van der Waals surface area contributed by atoms with Gasteiger partial charge in [-0.05, 0) is 36.4 Å². The number of alkyl halides is 12. The van der Waals surface area contributed by atoms with Gasteiger partial charge in [0.15, 0.2) is 0 Å². The summed E-state index contributed by atoms with van der Waals surface area (Å²) < 4.78 is 167. The van der Waals surface area contributed by atoms with E-state index >= 15 is 0 Å². The molecule has 2 aliphatic heterocycles. The summed E-state index contributed by atoms with van der Waals surface area (Å²) in [6, 6.07) is 0.992. The van der Waals surface area contributed by atoms with Crippen molar-refractivity contribution in [2.45, 2.75) is 37.8 Å². The van der Waals surface area contributed by atoms with Crippen LogP contribution in [0.1, 0.15) is 54.1 Å². The fourth-order valence-corrected chi connectivity index (χ4v) is 10.6. The van der Waals surface area contributed by atoms with Crippen LogP contribution < -0.4 is 9.80 Å². The number of amides is 2. The molecular formula is C40H10Cl8F12N2O2. The quantitative estimate of drug-likeness (QED) is 0.0983. The van der Waals surface area contributed by atoms with Gasteiger partial charge in [0.2, 0.25) is 0 Å². The van der Waals surface area contributed by atoms with Crippen LogP contribution in [-0.2, 0) is 37.8 Å². The maximum absolute atomic E-state index is 14.5. The van der Waals surface area contributed by atoms with Gasteiger partial charge < -0.3 is 9.80 Å². The normalized spacial score (nSPS) is 15.1.